The number of nitrogen functional groups attached to an aromatic ring is 1. The Kier molecular flexibility index (Phi) is 4.17. The molecule has 1 aromatic heterocycles. The number of rotatable bonds is 4. The quantitative estimate of drug-likeness (QED) is 0.875. The van der Waals surface area contributed by atoms with Crippen LogP contribution in [0.15, 0.2) is 35.7 Å². The Morgan fingerprint density at radius 1 is 1.24 bits per heavy atom. The van der Waals surface area contributed by atoms with Gasteiger partial charge in [0.2, 0.25) is 0 Å². The van der Waals surface area contributed by atoms with E-state index in [4.69, 9.17) is 10.5 Å². The molecule has 2 heterocycles. The molecule has 0 fully saturated rings. The van der Waals surface area contributed by atoms with Crippen molar-refractivity contribution in [2.24, 2.45) is 0 Å². The summed E-state index contributed by atoms with van der Waals surface area (Å²) in [6.45, 7) is 6.26. The van der Waals surface area contributed by atoms with Crippen molar-refractivity contribution in [1.29, 1.82) is 0 Å². The summed E-state index contributed by atoms with van der Waals surface area (Å²) in [5.74, 6) is 0.887. The second kappa shape index (κ2) is 6.08. The minimum atomic E-state index is 0.485. The molecular weight excluding hydrogens is 280 g/mol. The van der Waals surface area contributed by atoms with Crippen LogP contribution in [0.4, 0.5) is 5.69 Å². The molecule has 4 heteroatoms. The van der Waals surface area contributed by atoms with Gasteiger partial charge in [-0.2, -0.15) is 0 Å². The van der Waals surface area contributed by atoms with Crippen LogP contribution in [0.1, 0.15) is 30.3 Å². The second-order valence-corrected chi connectivity index (χ2v) is 6.64. The Morgan fingerprint density at radius 3 is 2.76 bits per heavy atom. The lowest BCUT2D eigenvalue weighted by atomic mass is 9.97. The van der Waals surface area contributed by atoms with Crippen LogP contribution in [-0.4, -0.2) is 24.1 Å². The van der Waals surface area contributed by atoms with Crippen LogP contribution in [0.2, 0.25) is 0 Å². The molecule has 0 saturated carbocycles. The number of nitrogens with two attached hydrogens (primary N) is 1. The van der Waals surface area contributed by atoms with Gasteiger partial charge < -0.3 is 10.5 Å². The first-order valence-electron chi connectivity index (χ1n) is 7.45. The molecule has 1 aromatic carbocycles. The van der Waals surface area contributed by atoms with Crippen molar-refractivity contribution in [3.8, 4) is 5.75 Å². The van der Waals surface area contributed by atoms with Gasteiger partial charge in [-0.05, 0) is 61.5 Å². The van der Waals surface area contributed by atoms with Gasteiger partial charge >= 0.3 is 0 Å². The molecule has 2 atom stereocenters. The molecule has 112 valence electrons. The maximum atomic E-state index is 5.84. The number of nitrogens with zero attached hydrogens (tertiary/aromatic N) is 1. The SMILES string of the molecule is CC1Cc2ccsc2C(C)N1CCOc1ccc(N)cc1. The summed E-state index contributed by atoms with van der Waals surface area (Å²) in [4.78, 5) is 4.05. The third kappa shape index (κ3) is 3.06. The fourth-order valence-corrected chi connectivity index (χ4v) is 4.11. The van der Waals surface area contributed by atoms with E-state index in [9.17, 15) is 0 Å². The van der Waals surface area contributed by atoms with E-state index in [1.54, 1.807) is 0 Å². The summed E-state index contributed by atoms with van der Waals surface area (Å²) >= 11 is 1.87. The van der Waals surface area contributed by atoms with Crippen LogP contribution in [0, 0.1) is 0 Å². The average Bonchev–Trinajstić information content (AvgIpc) is 2.93. The first kappa shape index (κ1) is 14.4. The molecule has 2 unspecified atom stereocenters. The van der Waals surface area contributed by atoms with E-state index in [1.807, 2.05) is 35.6 Å². The van der Waals surface area contributed by atoms with E-state index in [-0.39, 0.29) is 0 Å². The Labute approximate surface area is 130 Å². The highest BCUT2D eigenvalue weighted by Crippen LogP contribution is 2.36. The molecule has 1 aliphatic rings. The lowest BCUT2D eigenvalue weighted by Crippen LogP contribution is -2.42. The molecular formula is C17H22N2OS. The highest BCUT2D eigenvalue weighted by molar-refractivity contribution is 7.10. The van der Waals surface area contributed by atoms with Crippen LogP contribution >= 0.6 is 11.3 Å². The summed E-state index contributed by atoms with van der Waals surface area (Å²) in [5.41, 5.74) is 7.97. The fraction of sp³-hybridized carbons (Fsp3) is 0.412. The van der Waals surface area contributed by atoms with Gasteiger partial charge in [-0.1, -0.05) is 0 Å². The number of benzene rings is 1. The Hall–Kier alpha value is -1.52. The van der Waals surface area contributed by atoms with Crippen molar-refractivity contribution in [3.63, 3.8) is 0 Å². The van der Waals surface area contributed by atoms with Gasteiger partial charge in [-0.3, -0.25) is 4.90 Å². The van der Waals surface area contributed by atoms with E-state index in [1.165, 1.54) is 10.4 Å². The van der Waals surface area contributed by atoms with Crippen molar-refractivity contribution < 1.29 is 4.74 Å². The van der Waals surface area contributed by atoms with E-state index in [0.29, 0.717) is 18.7 Å². The van der Waals surface area contributed by atoms with E-state index >= 15 is 0 Å². The maximum absolute atomic E-state index is 5.84. The number of hydrogen-bond acceptors (Lipinski definition) is 4. The van der Waals surface area contributed by atoms with E-state index in [0.717, 1.165) is 24.4 Å². The van der Waals surface area contributed by atoms with Crippen molar-refractivity contribution in [1.82, 2.24) is 4.90 Å². The third-order valence-electron chi connectivity index (χ3n) is 4.24. The zero-order chi connectivity index (χ0) is 14.8. The monoisotopic (exact) mass is 302 g/mol. The molecule has 0 saturated heterocycles. The van der Waals surface area contributed by atoms with Gasteiger partial charge in [0, 0.05) is 29.2 Å². The Morgan fingerprint density at radius 2 is 2.00 bits per heavy atom. The van der Waals surface area contributed by atoms with Crippen molar-refractivity contribution in [2.75, 3.05) is 18.9 Å². The van der Waals surface area contributed by atoms with Crippen LogP contribution in [0.25, 0.3) is 0 Å². The number of thiophene rings is 1. The summed E-state index contributed by atoms with van der Waals surface area (Å²) < 4.78 is 5.84. The first-order valence-corrected chi connectivity index (χ1v) is 8.33. The molecule has 0 amide bonds. The van der Waals surface area contributed by atoms with Crippen molar-refractivity contribution in [2.45, 2.75) is 32.4 Å². The number of ether oxygens (including phenoxy) is 1. The van der Waals surface area contributed by atoms with Gasteiger partial charge in [0.15, 0.2) is 0 Å². The van der Waals surface area contributed by atoms with Crippen molar-refractivity contribution >= 4 is 17.0 Å². The van der Waals surface area contributed by atoms with Gasteiger partial charge in [0.05, 0.1) is 0 Å². The number of hydrogen-bond donors (Lipinski definition) is 1. The fourth-order valence-electron chi connectivity index (χ4n) is 3.10. The standard InChI is InChI=1S/C17H22N2OS/c1-12-11-14-7-10-21-17(14)13(2)19(12)8-9-20-16-5-3-15(18)4-6-16/h3-7,10,12-13H,8-9,11,18H2,1-2H3. The normalized spacial score (nSPS) is 22.0. The Balaban J connectivity index is 1.59. The van der Waals surface area contributed by atoms with Gasteiger partial charge in [0.25, 0.3) is 0 Å². The summed E-state index contributed by atoms with van der Waals surface area (Å²) in [6, 6.07) is 10.9. The van der Waals surface area contributed by atoms with E-state index < -0.39 is 0 Å². The molecule has 0 spiro atoms. The van der Waals surface area contributed by atoms with Crippen molar-refractivity contribution in [3.05, 3.63) is 46.2 Å². The molecule has 2 N–H and O–H groups in total. The average molecular weight is 302 g/mol. The lowest BCUT2D eigenvalue weighted by molar-refractivity contribution is 0.115. The van der Waals surface area contributed by atoms with Crippen LogP contribution < -0.4 is 10.5 Å². The molecule has 0 bridgehead atoms. The third-order valence-corrected chi connectivity index (χ3v) is 5.37. The predicted molar refractivity (Wildman–Crippen MR) is 89.0 cm³/mol. The van der Waals surface area contributed by atoms with Crippen LogP contribution in [0.5, 0.6) is 5.75 Å². The Bertz CT molecular complexity index is 593. The molecule has 0 aliphatic carbocycles. The zero-order valence-corrected chi connectivity index (χ0v) is 13.4. The summed E-state index contributed by atoms with van der Waals surface area (Å²) in [5, 5.41) is 2.21. The molecule has 2 aromatic rings. The van der Waals surface area contributed by atoms with Gasteiger partial charge in [0.1, 0.15) is 12.4 Å². The summed E-state index contributed by atoms with van der Waals surface area (Å²) in [7, 11) is 0. The zero-order valence-electron chi connectivity index (χ0n) is 12.6. The molecule has 3 rings (SSSR count). The largest absolute Gasteiger partial charge is 0.492 e. The number of fused-ring (bicyclic) bond motifs is 1. The summed E-state index contributed by atoms with van der Waals surface area (Å²) in [6.07, 6.45) is 1.14. The maximum Gasteiger partial charge on any atom is 0.119 e. The predicted octanol–water partition coefficient (Wildman–Crippen LogP) is 3.72. The molecule has 21 heavy (non-hydrogen) atoms. The van der Waals surface area contributed by atoms with Crippen LogP contribution in [-0.2, 0) is 6.42 Å². The topological polar surface area (TPSA) is 38.5 Å². The smallest absolute Gasteiger partial charge is 0.119 e. The second-order valence-electron chi connectivity index (χ2n) is 5.69. The molecule has 1 aliphatic heterocycles. The van der Waals surface area contributed by atoms with Gasteiger partial charge in [-0.15, -0.1) is 11.3 Å². The first-order chi connectivity index (χ1) is 10.1. The lowest BCUT2D eigenvalue weighted by Gasteiger charge is -2.38. The van der Waals surface area contributed by atoms with E-state index in [2.05, 4.69) is 30.2 Å². The minimum absolute atomic E-state index is 0.485. The molecule has 3 nitrogen and oxygen atoms in total. The van der Waals surface area contributed by atoms with Gasteiger partial charge in [-0.25, -0.2) is 0 Å². The highest BCUT2D eigenvalue weighted by Gasteiger charge is 2.29. The highest BCUT2D eigenvalue weighted by atomic mass is 32.1. The van der Waals surface area contributed by atoms with Crippen LogP contribution in [0.3, 0.4) is 0 Å². The molecule has 0 radical (unpaired) electrons. The minimum Gasteiger partial charge on any atom is -0.492 e. The number of anilines is 1.